The van der Waals surface area contributed by atoms with Gasteiger partial charge in [0, 0.05) is 43.3 Å². The third-order valence-electron chi connectivity index (χ3n) is 6.17. The minimum atomic E-state index is -0.101. The quantitative estimate of drug-likeness (QED) is 0.386. The Hall–Kier alpha value is -2.81. The number of thiazole rings is 1. The van der Waals surface area contributed by atoms with Gasteiger partial charge in [0.05, 0.1) is 17.5 Å². The van der Waals surface area contributed by atoms with Crippen LogP contribution in [0.5, 0.6) is 11.6 Å². The van der Waals surface area contributed by atoms with E-state index in [1.54, 1.807) is 4.52 Å². The van der Waals surface area contributed by atoms with Crippen molar-refractivity contribution in [3.63, 3.8) is 0 Å². The van der Waals surface area contributed by atoms with Gasteiger partial charge in [-0.25, -0.2) is 4.98 Å². The van der Waals surface area contributed by atoms with Gasteiger partial charge < -0.3 is 14.7 Å². The largest absolute Gasteiger partial charge is 0.494 e. The highest BCUT2D eigenvalue weighted by Gasteiger charge is 2.32. The van der Waals surface area contributed by atoms with E-state index in [1.165, 1.54) is 11.3 Å². The predicted octanol–water partition coefficient (Wildman–Crippen LogP) is 5.02. The molecule has 1 aliphatic heterocycles. The minimum absolute atomic E-state index is 0.101. The Labute approximate surface area is 208 Å². The number of ether oxygens (including phenoxy) is 1. The molecule has 178 valence electrons. The number of rotatable bonds is 7. The lowest BCUT2D eigenvalue weighted by molar-refractivity contribution is 0.211. The number of anilines is 1. The molecule has 4 aromatic rings. The number of hydrogen-bond acceptors (Lipinski definition) is 7. The van der Waals surface area contributed by atoms with Gasteiger partial charge in [-0.15, -0.1) is 5.10 Å². The van der Waals surface area contributed by atoms with Crippen molar-refractivity contribution in [1.29, 1.82) is 0 Å². The first-order valence-electron chi connectivity index (χ1n) is 11.6. The molecule has 1 unspecified atom stereocenters. The molecule has 34 heavy (non-hydrogen) atoms. The molecule has 1 atom stereocenters. The fraction of sp³-hybridized carbons (Fsp3) is 0.360. The number of halogens is 1. The normalized spacial score (nSPS) is 15.7. The maximum absolute atomic E-state index is 11.2. The topological polar surface area (TPSA) is 66.1 Å². The Bertz CT molecular complexity index is 1260. The smallest absolute Gasteiger partial charge is 0.230 e. The molecule has 2 aromatic carbocycles. The number of fused-ring (bicyclic) bond motifs is 1. The maximum atomic E-state index is 11.2. The highest BCUT2D eigenvalue weighted by Crippen LogP contribution is 2.41. The molecule has 0 radical (unpaired) electrons. The second kappa shape index (κ2) is 9.82. The fourth-order valence-corrected chi connectivity index (χ4v) is 5.79. The second-order valence-corrected chi connectivity index (χ2v) is 9.72. The molecule has 5 rings (SSSR count). The first kappa shape index (κ1) is 23.0. The number of hydrogen-bond donors (Lipinski definition) is 1. The zero-order valence-electron chi connectivity index (χ0n) is 19.3. The lowest BCUT2D eigenvalue weighted by Crippen LogP contribution is -2.47. The molecule has 1 N–H and O–H groups in total. The van der Waals surface area contributed by atoms with E-state index in [0.29, 0.717) is 6.61 Å². The molecular formula is C25H28ClN5O2S. The van der Waals surface area contributed by atoms with Gasteiger partial charge >= 0.3 is 0 Å². The van der Waals surface area contributed by atoms with Crippen LogP contribution in [0.2, 0.25) is 5.02 Å². The average molecular weight is 498 g/mol. The van der Waals surface area contributed by atoms with Crippen LogP contribution in [0.25, 0.3) is 4.96 Å². The molecule has 0 saturated carbocycles. The van der Waals surface area contributed by atoms with Gasteiger partial charge in [0.2, 0.25) is 10.8 Å². The third kappa shape index (κ3) is 4.45. The molecule has 1 fully saturated rings. The van der Waals surface area contributed by atoms with Crippen molar-refractivity contribution >= 4 is 33.6 Å². The third-order valence-corrected chi connectivity index (χ3v) is 7.48. The Morgan fingerprint density at radius 3 is 2.50 bits per heavy atom. The van der Waals surface area contributed by atoms with Crippen LogP contribution in [0.15, 0.2) is 48.5 Å². The monoisotopic (exact) mass is 497 g/mol. The van der Waals surface area contributed by atoms with Gasteiger partial charge in [0.15, 0.2) is 5.82 Å². The first-order valence-corrected chi connectivity index (χ1v) is 12.8. The molecule has 3 heterocycles. The van der Waals surface area contributed by atoms with E-state index in [0.717, 1.165) is 70.3 Å². The van der Waals surface area contributed by atoms with Gasteiger partial charge in [-0.2, -0.15) is 4.52 Å². The number of nitrogens with zero attached hydrogens (tertiary/aromatic N) is 5. The van der Waals surface area contributed by atoms with E-state index in [9.17, 15) is 5.11 Å². The lowest BCUT2D eigenvalue weighted by Gasteiger charge is -2.40. The van der Waals surface area contributed by atoms with Crippen molar-refractivity contribution < 1.29 is 9.84 Å². The van der Waals surface area contributed by atoms with E-state index < -0.39 is 0 Å². The van der Waals surface area contributed by atoms with Gasteiger partial charge in [0.1, 0.15) is 5.75 Å². The average Bonchev–Trinajstić information content (AvgIpc) is 3.40. The van der Waals surface area contributed by atoms with Crippen LogP contribution in [0.3, 0.4) is 0 Å². The molecule has 1 saturated heterocycles. The summed E-state index contributed by atoms with van der Waals surface area (Å²) in [5.74, 6) is 1.75. The summed E-state index contributed by atoms with van der Waals surface area (Å²) in [4.78, 5) is 10.9. The number of aromatic hydroxyl groups is 1. The number of aromatic nitrogens is 3. The van der Waals surface area contributed by atoms with E-state index in [-0.39, 0.29) is 11.9 Å². The van der Waals surface area contributed by atoms with Crippen molar-refractivity contribution in [1.82, 2.24) is 19.5 Å². The summed E-state index contributed by atoms with van der Waals surface area (Å²) in [6, 6.07) is 16.1. The summed E-state index contributed by atoms with van der Waals surface area (Å²) in [5, 5.41) is 16.4. The first-order chi connectivity index (χ1) is 16.6. The van der Waals surface area contributed by atoms with E-state index >= 15 is 0 Å². The van der Waals surface area contributed by atoms with Crippen LogP contribution in [-0.2, 0) is 6.42 Å². The van der Waals surface area contributed by atoms with Crippen LogP contribution in [0.4, 0.5) is 5.69 Å². The van der Waals surface area contributed by atoms with Crippen LogP contribution in [-0.4, -0.2) is 57.4 Å². The van der Waals surface area contributed by atoms with Crippen LogP contribution in [0.1, 0.15) is 36.2 Å². The SMILES string of the molecule is CCOc1ccc(C(c2sc3nc(CC)nn3c2O)N2CCN(c3cccc(Cl)c3)CC2)cc1. The highest BCUT2D eigenvalue weighted by molar-refractivity contribution is 7.17. The number of piperazine rings is 1. The zero-order valence-corrected chi connectivity index (χ0v) is 20.9. The van der Waals surface area contributed by atoms with Gasteiger partial charge in [-0.1, -0.05) is 48.1 Å². The highest BCUT2D eigenvalue weighted by atomic mass is 35.5. The van der Waals surface area contributed by atoms with E-state index in [1.807, 2.05) is 44.2 Å². The summed E-state index contributed by atoms with van der Waals surface area (Å²) in [5.41, 5.74) is 2.24. The number of aryl methyl sites for hydroxylation is 1. The maximum Gasteiger partial charge on any atom is 0.230 e. The molecule has 1 aliphatic rings. The van der Waals surface area contributed by atoms with E-state index in [2.05, 4.69) is 38.1 Å². The summed E-state index contributed by atoms with van der Waals surface area (Å²) >= 11 is 7.72. The fourth-order valence-electron chi connectivity index (χ4n) is 4.47. The summed E-state index contributed by atoms with van der Waals surface area (Å²) in [6.45, 7) is 8.05. The van der Waals surface area contributed by atoms with Gasteiger partial charge in [0.25, 0.3) is 0 Å². The molecular weight excluding hydrogens is 470 g/mol. The van der Waals surface area contributed by atoms with Gasteiger partial charge in [-0.3, -0.25) is 4.90 Å². The molecule has 0 bridgehead atoms. The minimum Gasteiger partial charge on any atom is -0.494 e. The van der Waals surface area contributed by atoms with Crippen molar-refractivity contribution in [3.05, 3.63) is 69.8 Å². The zero-order chi connectivity index (χ0) is 23.7. The Morgan fingerprint density at radius 1 is 1.09 bits per heavy atom. The summed E-state index contributed by atoms with van der Waals surface area (Å²) < 4.78 is 7.22. The number of benzene rings is 2. The molecule has 0 amide bonds. The Balaban J connectivity index is 1.46. The molecule has 0 aliphatic carbocycles. The van der Waals surface area contributed by atoms with Crippen LogP contribution in [0, 0.1) is 0 Å². The Morgan fingerprint density at radius 2 is 1.85 bits per heavy atom. The standard InChI is InChI=1S/C25H28ClN5O2S/c1-3-21-27-25-31(28-21)24(32)23(34-25)22(17-8-10-20(11-9-17)33-4-2)30-14-12-29(13-15-30)19-7-5-6-18(26)16-19/h5-11,16,22,32H,3-4,12-15H2,1-2H3. The molecule has 2 aromatic heterocycles. The molecule has 9 heteroatoms. The molecule has 0 spiro atoms. The predicted molar refractivity (Wildman–Crippen MR) is 137 cm³/mol. The van der Waals surface area contributed by atoms with Crippen molar-refractivity contribution in [2.75, 3.05) is 37.7 Å². The van der Waals surface area contributed by atoms with Crippen molar-refractivity contribution in [2.24, 2.45) is 0 Å². The van der Waals surface area contributed by atoms with Gasteiger partial charge in [-0.05, 0) is 42.8 Å². The second-order valence-electron chi connectivity index (χ2n) is 8.27. The van der Waals surface area contributed by atoms with Crippen molar-refractivity contribution in [2.45, 2.75) is 26.3 Å². The van der Waals surface area contributed by atoms with Crippen LogP contribution >= 0.6 is 22.9 Å². The van der Waals surface area contributed by atoms with E-state index in [4.69, 9.17) is 16.3 Å². The Kier molecular flexibility index (Phi) is 6.63. The lowest BCUT2D eigenvalue weighted by atomic mass is 10.0. The summed E-state index contributed by atoms with van der Waals surface area (Å²) in [6.07, 6.45) is 0.733. The molecule has 7 nitrogen and oxygen atoms in total. The van der Waals surface area contributed by atoms with Crippen molar-refractivity contribution in [3.8, 4) is 11.6 Å². The summed E-state index contributed by atoms with van der Waals surface area (Å²) in [7, 11) is 0. The van der Waals surface area contributed by atoms with Crippen LogP contribution < -0.4 is 9.64 Å².